The molecule has 1 N–H and O–H groups in total. The third kappa shape index (κ3) is 5.98. The number of carbonyl (C=O) groups is 2. The van der Waals surface area contributed by atoms with E-state index in [0.717, 1.165) is 15.6 Å². The van der Waals surface area contributed by atoms with Gasteiger partial charge in [-0.25, -0.2) is 10.2 Å². The van der Waals surface area contributed by atoms with Crippen LogP contribution in [0.5, 0.6) is 17.2 Å². The normalized spacial score (nSPS) is 10.9. The second kappa shape index (κ2) is 11.0. The van der Waals surface area contributed by atoms with Gasteiger partial charge < -0.3 is 14.2 Å². The molecule has 178 valence electrons. The van der Waals surface area contributed by atoms with E-state index in [4.69, 9.17) is 25.8 Å². The van der Waals surface area contributed by atoms with Crippen molar-refractivity contribution in [3.05, 3.63) is 87.8 Å². The van der Waals surface area contributed by atoms with E-state index in [1.165, 1.54) is 24.7 Å². The molecule has 1 amide bonds. The van der Waals surface area contributed by atoms with Gasteiger partial charge in [-0.05, 0) is 54.4 Å². The lowest BCUT2D eigenvalue weighted by atomic mass is 10.2. The fourth-order valence-corrected chi connectivity index (χ4v) is 4.59. The fraction of sp³-hybridized carbons (Fsp3) is 0.115. The van der Waals surface area contributed by atoms with Crippen LogP contribution in [-0.2, 0) is 4.79 Å². The summed E-state index contributed by atoms with van der Waals surface area (Å²) in [4.78, 5) is 25.0. The molecule has 0 spiro atoms. The standard InChI is InChI=1S/C26H21ClN2O5S/c1-16-6-5-7-18(12-16)33-15-23(30)29-28-14-17-10-11-20(21(13-17)32-2)34-26(31)25-24(27)19-8-3-4-9-22(19)35-25/h3-14H,15H2,1-2H3,(H,29,30). The molecule has 0 atom stereocenters. The van der Waals surface area contributed by atoms with E-state index >= 15 is 0 Å². The highest BCUT2D eigenvalue weighted by Crippen LogP contribution is 2.37. The average molecular weight is 509 g/mol. The van der Waals surface area contributed by atoms with Crippen LogP contribution >= 0.6 is 22.9 Å². The number of hydrogen-bond donors (Lipinski definition) is 1. The molecule has 0 unspecified atom stereocenters. The predicted molar refractivity (Wildman–Crippen MR) is 137 cm³/mol. The molecule has 0 saturated carbocycles. The molecule has 1 heterocycles. The van der Waals surface area contributed by atoms with Gasteiger partial charge in [-0.2, -0.15) is 5.10 Å². The molecule has 7 nitrogen and oxygen atoms in total. The van der Waals surface area contributed by atoms with Gasteiger partial charge in [-0.15, -0.1) is 11.3 Å². The number of rotatable bonds is 8. The monoisotopic (exact) mass is 508 g/mol. The lowest BCUT2D eigenvalue weighted by molar-refractivity contribution is -0.123. The van der Waals surface area contributed by atoms with E-state index in [2.05, 4.69) is 10.5 Å². The lowest BCUT2D eigenvalue weighted by Gasteiger charge is -2.09. The molecule has 0 fully saturated rings. The van der Waals surface area contributed by atoms with Crippen LogP contribution in [-0.4, -0.2) is 31.8 Å². The van der Waals surface area contributed by atoms with Crippen LogP contribution in [0.2, 0.25) is 5.02 Å². The summed E-state index contributed by atoms with van der Waals surface area (Å²) >= 11 is 7.65. The quantitative estimate of drug-likeness (QED) is 0.144. The summed E-state index contributed by atoms with van der Waals surface area (Å²) in [6.07, 6.45) is 1.45. The van der Waals surface area contributed by atoms with Crippen LogP contribution < -0.4 is 19.6 Å². The van der Waals surface area contributed by atoms with E-state index in [9.17, 15) is 9.59 Å². The van der Waals surface area contributed by atoms with Crippen molar-refractivity contribution in [1.29, 1.82) is 0 Å². The molecule has 0 aliphatic rings. The predicted octanol–water partition coefficient (Wildman–Crippen LogP) is 5.62. The van der Waals surface area contributed by atoms with E-state index in [0.29, 0.717) is 27.0 Å². The Labute approximate surface area is 210 Å². The summed E-state index contributed by atoms with van der Waals surface area (Å²) in [5, 5.41) is 5.10. The third-order valence-corrected chi connectivity index (χ3v) is 6.53. The summed E-state index contributed by atoms with van der Waals surface area (Å²) in [5.74, 6) is 0.195. The largest absolute Gasteiger partial charge is 0.493 e. The Hall–Kier alpha value is -3.88. The van der Waals surface area contributed by atoms with Crippen LogP contribution in [0.3, 0.4) is 0 Å². The number of fused-ring (bicyclic) bond motifs is 1. The van der Waals surface area contributed by atoms with Crippen molar-refractivity contribution in [3.63, 3.8) is 0 Å². The number of ether oxygens (including phenoxy) is 3. The van der Waals surface area contributed by atoms with E-state index in [-0.39, 0.29) is 12.4 Å². The number of thiophene rings is 1. The minimum absolute atomic E-state index is 0.167. The van der Waals surface area contributed by atoms with Crippen LogP contribution in [0.25, 0.3) is 10.1 Å². The minimum Gasteiger partial charge on any atom is -0.493 e. The number of methoxy groups -OCH3 is 1. The zero-order valence-electron chi connectivity index (χ0n) is 18.9. The lowest BCUT2D eigenvalue weighted by Crippen LogP contribution is -2.24. The molecule has 9 heteroatoms. The molecule has 0 aliphatic carbocycles. The van der Waals surface area contributed by atoms with Gasteiger partial charge in [0.2, 0.25) is 0 Å². The number of aryl methyl sites for hydroxylation is 1. The van der Waals surface area contributed by atoms with E-state index in [1.807, 2.05) is 49.4 Å². The van der Waals surface area contributed by atoms with Crippen LogP contribution in [0.15, 0.2) is 71.8 Å². The van der Waals surface area contributed by atoms with Crippen molar-refractivity contribution >= 4 is 51.1 Å². The fourth-order valence-electron chi connectivity index (χ4n) is 3.21. The Kier molecular flexibility index (Phi) is 7.64. The minimum atomic E-state index is -0.572. The van der Waals surface area contributed by atoms with Crippen molar-refractivity contribution in [3.8, 4) is 17.2 Å². The Morgan fingerprint density at radius 3 is 2.66 bits per heavy atom. The van der Waals surface area contributed by atoms with E-state index in [1.54, 1.807) is 24.3 Å². The topological polar surface area (TPSA) is 86.2 Å². The zero-order valence-corrected chi connectivity index (χ0v) is 20.5. The van der Waals surface area contributed by atoms with Crippen LogP contribution in [0.4, 0.5) is 0 Å². The van der Waals surface area contributed by atoms with Gasteiger partial charge in [-0.1, -0.05) is 41.9 Å². The molecule has 1 aromatic heterocycles. The summed E-state index contributed by atoms with van der Waals surface area (Å²) < 4.78 is 17.2. The highest BCUT2D eigenvalue weighted by molar-refractivity contribution is 7.21. The van der Waals surface area contributed by atoms with Crippen molar-refractivity contribution in [2.45, 2.75) is 6.92 Å². The maximum atomic E-state index is 12.7. The van der Waals surface area contributed by atoms with Crippen LogP contribution in [0, 0.1) is 6.92 Å². The molecule has 0 bridgehead atoms. The van der Waals surface area contributed by atoms with Gasteiger partial charge in [0, 0.05) is 10.1 Å². The van der Waals surface area contributed by atoms with Gasteiger partial charge in [0.15, 0.2) is 18.1 Å². The first kappa shape index (κ1) is 24.3. The van der Waals surface area contributed by atoms with Crippen molar-refractivity contribution in [2.24, 2.45) is 5.10 Å². The molecule has 0 aliphatic heterocycles. The number of amides is 1. The van der Waals surface area contributed by atoms with Gasteiger partial charge in [-0.3, -0.25) is 4.79 Å². The Morgan fingerprint density at radius 1 is 1.06 bits per heavy atom. The molecule has 4 aromatic rings. The second-order valence-corrected chi connectivity index (χ2v) is 8.87. The average Bonchev–Trinajstić information content (AvgIpc) is 3.20. The first-order valence-corrected chi connectivity index (χ1v) is 11.7. The summed E-state index contributed by atoms with van der Waals surface area (Å²) in [7, 11) is 1.46. The van der Waals surface area contributed by atoms with Crippen molar-refractivity contribution in [1.82, 2.24) is 5.43 Å². The summed E-state index contributed by atoms with van der Waals surface area (Å²) in [6.45, 7) is 1.77. The number of hydrazone groups is 1. The Morgan fingerprint density at radius 2 is 1.89 bits per heavy atom. The van der Waals surface area contributed by atoms with Gasteiger partial charge in [0.25, 0.3) is 5.91 Å². The van der Waals surface area contributed by atoms with Crippen molar-refractivity contribution in [2.75, 3.05) is 13.7 Å². The SMILES string of the molecule is COc1cc(C=NNC(=O)COc2cccc(C)c2)ccc1OC(=O)c1sc2ccccc2c1Cl. The molecule has 0 radical (unpaired) electrons. The smallest absolute Gasteiger partial charge is 0.355 e. The molecule has 35 heavy (non-hydrogen) atoms. The number of esters is 1. The van der Waals surface area contributed by atoms with Gasteiger partial charge >= 0.3 is 5.97 Å². The zero-order chi connectivity index (χ0) is 24.8. The molecular formula is C26H21ClN2O5S. The first-order chi connectivity index (χ1) is 16.9. The second-order valence-electron chi connectivity index (χ2n) is 7.44. The number of nitrogens with zero attached hydrogens (tertiary/aromatic N) is 1. The van der Waals surface area contributed by atoms with Gasteiger partial charge in [0.1, 0.15) is 10.6 Å². The third-order valence-electron chi connectivity index (χ3n) is 4.87. The maximum Gasteiger partial charge on any atom is 0.355 e. The summed E-state index contributed by atoms with van der Waals surface area (Å²) in [6, 6.07) is 19.8. The number of benzene rings is 3. The van der Waals surface area contributed by atoms with Crippen molar-refractivity contribution < 1.29 is 23.8 Å². The van der Waals surface area contributed by atoms with Crippen LogP contribution in [0.1, 0.15) is 20.8 Å². The maximum absolute atomic E-state index is 12.7. The van der Waals surface area contributed by atoms with E-state index < -0.39 is 11.9 Å². The molecule has 3 aromatic carbocycles. The summed E-state index contributed by atoms with van der Waals surface area (Å²) in [5.41, 5.74) is 4.07. The number of carbonyl (C=O) groups excluding carboxylic acids is 2. The molecule has 0 saturated heterocycles. The number of halogens is 1. The van der Waals surface area contributed by atoms with Gasteiger partial charge in [0.05, 0.1) is 18.3 Å². The first-order valence-electron chi connectivity index (χ1n) is 10.5. The molecule has 4 rings (SSSR count). The molecular weight excluding hydrogens is 488 g/mol. The highest BCUT2D eigenvalue weighted by atomic mass is 35.5. The highest BCUT2D eigenvalue weighted by Gasteiger charge is 2.20. The number of nitrogens with one attached hydrogen (secondary N) is 1. The number of hydrogen-bond acceptors (Lipinski definition) is 7. The Balaban J connectivity index is 1.37. The Bertz CT molecular complexity index is 1420.